The van der Waals surface area contributed by atoms with Crippen molar-refractivity contribution in [2.75, 3.05) is 18.9 Å². The molecule has 0 aromatic heterocycles. The normalized spacial score (nSPS) is 11.2. The standard InChI is InChI=1S/C21H28N2O2/c1-21(2,3)17-9-11-18(12-10-17)25-15-14-23-20(24)13-8-16-6-4-5-7-19(16)22/h4-7,9-12H,8,13-15,22H2,1-3H3,(H,23,24). The quantitative estimate of drug-likeness (QED) is 0.597. The summed E-state index contributed by atoms with van der Waals surface area (Å²) >= 11 is 0. The minimum absolute atomic E-state index is 0.00920. The van der Waals surface area contributed by atoms with Gasteiger partial charge in [0.2, 0.25) is 5.91 Å². The van der Waals surface area contributed by atoms with Gasteiger partial charge in [0.15, 0.2) is 0 Å². The third-order valence-corrected chi connectivity index (χ3v) is 4.09. The fourth-order valence-electron chi connectivity index (χ4n) is 2.51. The summed E-state index contributed by atoms with van der Waals surface area (Å²) in [5.41, 5.74) is 9.02. The predicted octanol–water partition coefficient (Wildman–Crippen LogP) is 3.69. The van der Waals surface area contributed by atoms with Crippen LogP contribution in [0, 0.1) is 0 Å². The summed E-state index contributed by atoms with van der Waals surface area (Å²) in [5, 5.41) is 2.87. The van der Waals surface area contributed by atoms with Gasteiger partial charge in [0.1, 0.15) is 12.4 Å². The fraction of sp³-hybridized carbons (Fsp3) is 0.381. The van der Waals surface area contributed by atoms with Crippen LogP contribution >= 0.6 is 0 Å². The lowest BCUT2D eigenvalue weighted by Gasteiger charge is -2.19. The second kappa shape index (κ2) is 8.56. The molecule has 3 N–H and O–H groups in total. The first kappa shape index (κ1) is 18.8. The van der Waals surface area contributed by atoms with E-state index in [-0.39, 0.29) is 11.3 Å². The summed E-state index contributed by atoms with van der Waals surface area (Å²) in [6.07, 6.45) is 1.07. The van der Waals surface area contributed by atoms with E-state index < -0.39 is 0 Å². The molecule has 2 aromatic rings. The van der Waals surface area contributed by atoms with Gasteiger partial charge in [-0.2, -0.15) is 0 Å². The summed E-state index contributed by atoms with van der Waals surface area (Å²) in [7, 11) is 0. The predicted molar refractivity (Wildman–Crippen MR) is 103 cm³/mol. The summed E-state index contributed by atoms with van der Waals surface area (Å²) in [5.74, 6) is 0.828. The Hall–Kier alpha value is -2.49. The number of carbonyl (C=O) groups is 1. The largest absolute Gasteiger partial charge is 0.492 e. The molecule has 0 aliphatic rings. The van der Waals surface area contributed by atoms with Gasteiger partial charge in [0.05, 0.1) is 6.54 Å². The summed E-state index contributed by atoms with van der Waals surface area (Å²) in [6.45, 7) is 7.49. The second-order valence-electron chi connectivity index (χ2n) is 7.17. The number of para-hydroxylation sites is 1. The van der Waals surface area contributed by atoms with Crippen LogP contribution in [0.1, 0.15) is 38.3 Å². The number of hydrogen-bond donors (Lipinski definition) is 2. The molecule has 0 bridgehead atoms. The van der Waals surface area contributed by atoms with Crippen molar-refractivity contribution in [3.05, 3.63) is 59.7 Å². The highest BCUT2D eigenvalue weighted by Gasteiger charge is 2.12. The molecule has 0 unspecified atom stereocenters. The zero-order chi connectivity index (χ0) is 18.3. The van der Waals surface area contributed by atoms with Crippen LogP contribution in [-0.2, 0) is 16.6 Å². The Balaban J connectivity index is 1.67. The van der Waals surface area contributed by atoms with Crippen LogP contribution in [0.15, 0.2) is 48.5 Å². The van der Waals surface area contributed by atoms with E-state index in [1.807, 2.05) is 36.4 Å². The molecule has 25 heavy (non-hydrogen) atoms. The molecule has 0 aliphatic heterocycles. The van der Waals surface area contributed by atoms with Crippen LogP contribution in [-0.4, -0.2) is 19.1 Å². The molecule has 0 fully saturated rings. The highest BCUT2D eigenvalue weighted by Crippen LogP contribution is 2.24. The molecule has 0 aliphatic carbocycles. The summed E-state index contributed by atoms with van der Waals surface area (Å²) in [6, 6.07) is 15.7. The van der Waals surface area contributed by atoms with Crippen LogP contribution < -0.4 is 15.8 Å². The maximum atomic E-state index is 11.9. The first-order chi connectivity index (χ1) is 11.9. The molecule has 0 atom stereocenters. The SMILES string of the molecule is CC(C)(C)c1ccc(OCCNC(=O)CCc2ccccc2N)cc1. The first-order valence-electron chi connectivity index (χ1n) is 8.69. The Morgan fingerprint density at radius 2 is 1.76 bits per heavy atom. The van der Waals surface area contributed by atoms with Crippen LogP contribution in [0.25, 0.3) is 0 Å². The molecule has 2 aromatic carbocycles. The van der Waals surface area contributed by atoms with Gasteiger partial charge in [-0.25, -0.2) is 0 Å². The molecule has 0 heterocycles. The molecule has 0 saturated heterocycles. The number of amides is 1. The highest BCUT2D eigenvalue weighted by atomic mass is 16.5. The van der Waals surface area contributed by atoms with E-state index in [1.54, 1.807) is 0 Å². The van der Waals surface area contributed by atoms with Crippen LogP contribution in [0.5, 0.6) is 5.75 Å². The van der Waals surface area contributed by atoms with Crippen molar-refractivity contribution in [1.82, 2.24) is 5.32 Å². The lowest BCUT2D eigenvalue weighted by molar-refractivity contribution is -0.121. The van der Waals surface area contributed by atoms with E-state index in [9.17, 15) is 4.79 Å². The third-order valence-electron chi connectivity index (χ3n) is 4.09. The monoisotopic (exact) mass is 340 g/mol. The number of nitrogen functional groups attached to an aromatic ring is 1. The zero-order valence-corrected chi connectivity index (χ0v) is 15.3. The van der Waals surface area contributed by atoms with E-state index in [0.717, 1.165) is 17.0 Å². The van der Waals surface area contributed by atoms with Gasteiger partial charge in [0.25, 0.3) is 0 Å². The Labute approximate surface area is 150 Å². The van der Waals surface area contributed by atoms with E-state index in [1.165, 1.54) is 5.56 Å². The van der Waals surface area contributed by atoms with Gasteiger partial charge in [-0.05, 0) is 41.2 Å². The Bertz CT molecular complexity index is 688. The maximum absolute atomic E-state index is 11.9. The van der Waals surface area contributed by atoms with Crippen molar-refractivity contribution in [3.8, 4) is 5.75 Å². The van der Waals surface area contributed by atoms with Crippen molar-refractivity contribution >= 4 is 11.6 Å². The van der Waals surface area contributed by atoms with Crippen molar-refractivity contribution in [3.63, 3.8) is 0 Å². The van der Waals surface area contributed by atoms with Crippen LogP contribution in [0.4, 0.5) is 5.69 Å². The maximum Gasteiger partial charge on any atom is 0.220 e. The van der Waals surface area contributed by atoms with Crippen LogP contribution in [0.3, 0.4) is 0 Å². The Morgan fingerprint density at radius 3 is 2.40 bits per heavy atom. The number of ether oxygens (including phenoxy) is 1. The number of anilines is 1. The van der Waals surface area contributed by atoms with Crippen molar-refractivity contribution in [1.29, 1.82) is 0 Å². The van der Waals surface area contributed by atoms with E-state index in [0.29, 0.717) is 26.0 Å². The van der Waals surface area contributed by atoms with Gasteiger partial charge >= 0.3 is 0 Å². The Kier molecular flexibility index (Phi) is 6.45. The number of hydrogen-bond acceptors (Lipinski definition) is 3. The lowest BCUT2D eigenvalue weighted by atomic mass is 9.87. The smallest absolute Gasteiger partial charge is 0.220 e. The van der Waals surface area contributed by atoms with Crippen LogP contribution in [0.2, 0.25) is 0 Å². The average molecular weight is 340 g/mol. The summed E-state index contributed by atoms with van der Waals surface area (Å²) in [4.78, 5) is 11.9. The van der Waals surface area contributed by atoms with Gasteiger partial charge in [-0.1, -0.05) is 51.1 Å². The number of rotatable bonds is 7. The number of benzene rings is 2. The molecular formula is C21H28N2O2. The topological polar surface area (TPSA) is 64.3 Å². The number of nitrogens with two attached hydrogens (primary N) is 1. The number of carbonyl (C=O) groups excluding carboxylic acids is 1. The average Bonchev–Trinajstić information content (AvgIpc) is 2.57. The van der Waals surface area contributed by atoms with Gasteiger partial charge < -0.3 is 15.8 Å². The number of aryl methyl sites for hydroxylation is 1. The van der Waals surface area contributed by atoms with Gasteiger partial charge in [0, 0.05) is 12.1 Å². The van der Waals surface area contributed by atoms with Gasteiger partial charge in [-0.15, -0.1) is 0 Å². The first-order valence-corrected chi connectivity index (χ1v) is 8.69. The van der Waals surface area contributed by atoms with Crippen molar-refractivity contribution in [2.24, 2.45) is 0 Å². The molecule has 1 amide bonds. The molecule has 134 valence electrons. The van der Waals surface area contributed by atoms with E-state index in [4.69, 9.17) is 10.5 Å². The minimum atomic E-state index is 0.00920. The second-order valence-corrected chi connectivity index (χ2v) is 7.17. The highest BCUT2D eigenvalue weighted by molar-refractivity contribution is 5.76. The minimum Gasteiger partial charge on any atom is -0.492 e. The molecule has 4 heteroatoms. The Morgan fingerprint density at radius 1 is 1.08 bits per heavy atom. The van der Waals surface area contributed by atoms with E-state index >= 15 is 0 Å². The number of nitrogens with one attached hydrogen (secondary N) is 1. The molecule has 0 spiro atoms. The third kappa shape index (κ3) is 6.14. The van der Waals surface area contributed by atoms with Crippen molar-refractivity contribution < 1.29 is 9.53 Å². The van der Waals surface area contributed by atoms with Crippen molar-refractivity contribution in [2.45, 2.75) is 39.0 Å². The molecule has 0 radical (unpaired) electrons. The molecule has 0 saturated carbocycles. The summed E-state index contributed by atoms with van der Waals surface area (Å²) < 4.78 is 5.67. The lowest BCUT2D eigenvalue weighted by Crippen LogP contribution is -2.28. The van der Waals surface area contributed by atoms with E-state index in [2.05, 4.69) is 38.2 Å². The zero-order valence-electron chi connectivity index (χ0n) is 15.3. The molecular weight excluding hydrogens is 312 g/mol. The fourth-order valence-corrected chi connectivity index (χ4v) is 2.51. The molecule has 4 nitrogen and oxygen atoms in total. The molecule has 2 rings (SSSR count). The van der Waals surface area contributed by atoms with Gasteiger partial charge in [-0.3, -0.25) is 4.79 Å².